The van der Waals surface area contributed by atoms with Crippen molar-refractivity contribution in [3.63, 3.8) is 0 Å². The normalized spacial score (nSPS) is 10.4. The Morgan fingerprint density at radius 3 is 2.27 bits per heavy atom. The average Bonchev–Trinajstić information content (AvgIpc) is 2.45. The van der Waals surface area contributed by atoms with Crippen LogP contribution in [0, 0.1) is 0 Å². The molecule has 0 aliphatic rings. The van der Waals surface area contributed by atoms with E-state index in [0.717, 1.165) is 11.3 Å². The van der Waals surface area contributed by atoms with Gasteiger partial charge in [0.25, 0.3) is 0 Å². The highest BCUT2D eigenvalue weighted by atomic mass is 35.5. The van der Waals surface area contributed by atoms with Crippen LogP contribution in [0.4, 0.5) is 0 Å². The quantitative estimate of drug-likeness (QED) is 0.836. The van der Waals surface area contributed by atoms with Crippen molar-refractivity contribution in [2.24, 2.45) is 0 Å². The van der Waals surface area contributed by atoms with Crippen LogP contribution in [0.3, 0.4) is 0 Å². The van der Waals surface area contributed by atoms with Gasteiger partial charge in [0, 0.05) is 24.9 Å². The van der Waals surface area contributed by atoms with Crippen LogP contribution >= 0.6 is 24.8 Å². The third-order valence-electron chi connectivity index (χ3n) is 2.84. The van der Waals surface area contributed by atoms with Gasteiger partial charge in [-0.25, -0.2) is 0 Å². The van der Waals surface area contributed by atoms with Crippen molar-refractivity contribution in [3.05, 3.63) is 66.0 Å². The van der Waals surface area contributed by atoms with Gasteiger partial charge in [0.05, 0.1) is 0 Å². The summed E-state index contributed by atoms with van der Waals surface area (Å²) in [5.74, 6) is -0.868. The van der Waals surface area contributed by atoms with Crippen molar-refractivity contribution in [2.75, 3.05) is 6.54 Å². The van der Waals surface area contributed by atoms with Gasteiger partial charge in [-0.15, -0.1) is 24.8 Å². The van der Waals surface area contributed by atoms with Gasteiger partial charge in [-0.3, -0.25) is 9.78 Å². The Morgan fingerprint density at radius 2 is 1.73 bits per heavy atom. The molecule has 4 N–H and O–H groups in total. The van der Waals surface area contributed by atoms with E-state index in [-0.39, 0.29) is 30.3 Å². The van der Waals surface area contributed by atoms with Crippen molar-refractivity contribution in [1.82, 2.24) is 10.3 Å². The van der Waals surface area contributed by atoms with Gasteiger partial charge in [0.1, 0.15) is 6.04 Å². The number of halogens is 2. The number of hydrogen-bond donors (Lipinski definition) is 2. The summed E-state index contributed by atoms with van der Waals surface area (Å²) in [7, 11) is 0. The maximum absolute atomic E-state index is 11.3. The minimum atomic E-state index is -0.868. The standard InChI is InChI=1S/C15H16N2O2.2ClH.H2O/c18-15(19)14(12-6-2-1-3-7-12)17-11-9-13-8-4-5-10-16-13;;;/h1-8,10,14,17H,9,11H2,(H,18,19);2*1H;1H2. The molecule has 0 aliphatic heterocycles. The van der Waals surface area contributed by atoms with Crippen LogP contribution in [0.5, 0.6) is 0 Å². The predicted molar refractivity (Wildman–Crippen MR) is 90.9 cm³/mol. The van der Waals surface area contributed by atoms with Crippen LogP contribution in [0.1, 0.15) is 17.3 Å². The lowest BCUT2D eigenvalue weighted by Gasteiger charge is -2.14. The third kappa shape index (κ3) is 6.87. The lowest BCUT2D eigenvalue weighted by molar-refractivity contribution is -0.139. The average molecular weight is 347 g/mol. The number of carbonyl (C=O) groups is 1. The predicted octanol–water partition coefficient (Wildman–Crippen LogP) is 2.06. The fourth-order valence-corrected chi connectivity index (χ4v) is 1.88. The van der Waals surface area contributed by atoms with Gasteiger partial charge < -0.3 is 15.9 Å². The van der Waals surface area contributed by atoms with Crippen LogP contribution < -0.4 is 5.32 Å². The topological polar surface area (TPSA) is 93.7 Å². The number of nitrogens with one attached hydrogen (secondary N) is 1. The third-order valence-corrected chi connectivity index (χ3v) is 2.84. The SMILES string of the molecule is Cl.Cl.O.O=C(O)C(NCCc1ccccn1)c1ccccc1. The van der Waals surface area contributed by atoms with Crippen LogP contribution in [0.15, 0.2) is 54.7 Å². The maximum atomic E-state index is 11.3. The molecule has 0 radical (unpaired) electrons. The first-order valence-corrected chi connectivity index (χ1v) is 6.18. The van der Waals surface area contributed by atoms with Gasteiger partial charge in [0.15, 0.2) is 0 Å². The molecule has 2 aromatic rings. The van der Waals surface area contributed by atoms with Crippen LogP contribution in [-0.4, -0.2) is 28.1 Å². The first kappa shape index (κ1) is 22.6. The molecule has 1 atom stereocenters. The number of rotatable bonds is 6. The van der Waals surface area contributed by atoms with E-state index >= 15 is 0 Å². The van der Waals surface area contributed by atoms with E-state index in [2.05, 4.69) is 10.3 Å². The van der Waals surface area contributed by atoms with Crippen LogP contribution in [0.2, 0.25) is 0 Å². The summed E-state index contributed by atoms with van der Waals surface area (Å²) < 4.78 is 0. The molecule has 1 unspecified atom stereocenters. The first-order chi connectivity index (χ1) is 9.27. The Bertz CT molecular complexity index is 527. The van der Waals surface area contributed by atoms with E-state index in [1.165, 1.54) is 0 Å². The minimum Gasteiger partial charge on any atom is -0.480 e. The summed E-state index contributed by atoms with van der Waals surface area (Å²) >= 11 is 0. The number of pyridine rings is 1. The van der Waals surface area contributed by atoms with Crippen molar-refractivity contribution in [2.45, 2.75) is 12.5 Å². The molecule has 22 heavy (non-hydrogen) atoms. The highest BCUT2D eigenvalue weighted by molar-refractivity contribution is 5.85. The Morgan fingerprint density at radius 1 is 1.09 bits per heavy atom. The summed E-state index contributed by atoms with van der Waals surface area (Å²) in [4.78, 5) is 15.5. The number of aliphatic carboxylic acids is 1. The summed E-state index contributed by atoms with van der Waals surface area (Å²) in [6.07, 6.45) is 2.44. The molecule has 1 heterocycles. The molecular formula is C15H20Cl2N2O3. The van der Waals surface area contributed by atoms with E-state index < -0.39 is 12.0 Å². The van der Waals surface area contributed by atoms with E-state index in [9.17, 15) is 9.90 Å². The number of carboxylic acid groups (broad SMARTS) is 1. The Labute approximate surface area is 141 Å². The number of hydrogen-bond acceptors (Lipinski definition) is 3. The molecule has 0 aliphatic carbocycles. The van der Waals surface area contributed by atoms with Gasteiger partial charge >= 0.3 is 5.97 Å². The lowest BCUT2D eigenvalue weighted by Crippen LogP contribution is -2.30. The molecule has 5 nitrogen and oxygen atoms in total. The molecule has 0 bridgehead atoms. The second-order valence-corrected chi connectivity index (χ2v) is 4.21. The highest BCUT2D eigenvalue weighted by Gasteiger charge is 2.18. The van der Waals surface area contributed by atoms with Crippen molar-refractivity contribution in [3.8, 4) is 0 Å². The largest absolute Gasteiger partial charge is 0.480 e. The van der Waals surface area contributed by atoms with Crippen molar-refractivity contribution >= 4 is 30.8 Å². The van der Waals surface area contributed by atoms with E-state index in [4.69, 9.17) is 0 Å². The Kier molecular flexibility index (Phi) is 12.3. The van der Waals surface area contributed by atoms with Crippen LogP contribution in [-0.2, 0) is 11.2 Å². The molecule has 0 fully saturated rings. The Hall–Kier alpha value is -1.66. The van der Waals surface area contributed by atoms with E-state index in [0.29, 0.717) is 13.0 Å². The zero-order valence-electron chi connectivity index (χ0n) is 11.8. The van der Waals surface area contributed by atoms with Crippen molar-refractivity contribution < 1.29 is 15.4 Å². The van der Waals surface area contributed by atoms with E-state index in [1.54, 1.807) is 6.20 Å². The molecule has 1 aromatic carbocycles. The summed E-state index contributed by atoms with van der Waals surface area (Å²) in [6, 6.07) is 14.2. The summed E-state index contributed by atoms with van der Waals surface area (Å²) in [5.41, 5.74) is 1.71. The fraction of sp³-hybridized carbons (Fsp3) is 0.200. The lowest BCUT2D eigenvalue weighted by atomic mass is 10.1. The van der Waals surface area contributed by atoms with Crippen LogP contribution in [0.25, 0.3) is 0 Å². The highest BCUT2D eigenvalue weighted by Crippen LogP contribution is 2.12. The molecule has 1 aromatic heterocycles. The monoisotopic (exact) mass is 346 g/mol. The molecule has 0 spiro atoms. The fourth-order valence-electron chi connectivity index (χ4n) is 1.88. The maximum Gasteiger partial charge on any atom is 0.325 e. The number of aromatic nitrogens is 1. The van der Waals surface area contributed by atoms with E-state index in [1.807, 2.05) is 48.5 Å². The first-order valence-electron chi connectivity index (χ1n) is 6.18. The molecule has 7 heteroatoms. The Balaban J connectivity index is 0. The zero-order valence-corrected chi connectivity index (χ0v) is 13.4. The van der Waals surface area contributed by atoms with Gasteiger partial charge in [-0.2, -0.15) is 0 Å². The molecule has 0 amide bonds. The number of nitrogens with zero attached hydrogens (tertiary/aromatic N) is 1. The second kappa shape index (κ2) is 11.9. The minimum absolute atomic E-state index is 0. The molecule has 122 valence electrons. The molecular weight excluding hydrogens is 327 g/mol. The van der Waals surface area contributed by atoms with Gasteiger partial charge in [0.2, 0.25) is 0 Å². The smallest absolute Gasteiger partial charge is 0.325 e. The van der Waals surface area contributed by atoms with Crippen molar-refractivity contribution in [1.29, 1.82) is 0 Å². The molecule has 0 saturated carbocycles. The number of carboxylic acids is 1. The molecule has 2 rings (SSSR count). The van der Waals surface area contributed by atoms with Gasteiger partial charge in [-0.05, 0) is 17.7 Å². The zero-order chi connectivity index (χ0) is 13.5. The summed E-state index contributed by atoms with van der Waals surface area (Å²) in [5, 5.41) is 12.3. The van der Waals surface area contributed by atoms with Gasteiger partial charge in [-0.1, -0.05) is 36.4 Å². The number of benzene rings is 1. The molecule has 0 saturated heterocycles. The second-order valence-electron chi connectivity index (χ2n) is 4.21. The summed E-state index contributed by atoms with van der Waals surface area (Å²) in [6.45, 7) is 0.572.